The quantitative estimate of drug-likeness (QED) is 0.766. The van der Waals surface area contributed by atoms with E-state index < -0.39 is 0 Å². The highest BCUT2D eigenvalue weighted by Gasteiger charge is 2.03. The average Bonchev–Trinajstić information content (AvgIpc) is 2.70. The smallest absolute Gasteiger partial charge is 0.137 e. The van der Waals surface area contributed by atoms with Gasteiger partial charge in [0, 0.05) is 18.8 Å². The topological polar surface area (TPSA) is 37.5 Å². The minimum Gasteiger partial charge on any atom is -0.508 e. The van der Waals surface area contributed by atoms with E-state index in [4.69, 9.17) is 11.6 Å². The number of imidazole rings is 1. The van der Waals surface area contributed by atoms with Crippen LogP contribution in [-0.2, 0) is 6.42 Å². The van der Waals surface area contributed by atoms with E-state index in [9.17, 15) is 5.11 Å². The second kappa shape index (κ2) is 4.35. The molecule has 0 bridgehead atoms. The Labute approximate surface area is 109 Å². The highest BCUT2D eigenvalue weighted by atomic mass is 35.5. The summed E-state index contributed by atoms with van der Waals surface area (Å²) in [5, 5.41) is 10.1. The highest BCUT2D eigenvalue weighted by Crippen LogP contribution is 2.16. The molecule has 2 heterocycles. The third-order valence-electron chi connectivity index (χ3n) is 2.76. The van der Waals surface area contributed by atoms with Crippen molar-refractivity contribution in [1.82, 2.24) is 9.38 Å². The Bertz CT molecular complexity index is 706. The Morgan fingerprint density at radius 3 is 2.89 bits per heavy atom. The predicted octanol–water partition coefficient (Wildman–Crippen LogP) is 3.28. The normalized spacial score (nSPS) is 10.9. The van der Waals surface area contributed by atoms with Gasteiger partial charge in [-0.05, 0) is 29.8 Å². The molecule has 4 heteroatoms. The van der Waals surface area contributed by atoms with Crippen LogP contribution in [0.2, 0.25) is 5.02 Å². The lowest BCUT2D eigenvalue weighted by molar-refractivity contribution is 0.474. The summed E-state index contributed by atoms with van der Waals surface area (Å²) >= 11 is 5.93. The maximum Gasteiger partial charge on any atom is 0.137 e. The molecule has 0 aliphatic heterocycles. The molecule has 1 aromatic carbocycles. The van der Waals surface area contributed by atoms with Crippen LogP contribution in [-0.4, -0.2) is 14.5 Å². The molecule has 90 valence electrons. The molecule has 3 nitrogen and oxygen atoms in total. The minimum absolute atomic E-state index is 0.277. The third-order valence-corrected chi connectivity index (χ3v) is 2.98. The summed E-state index contributed by atoms with van der Waals surface area (Å²) in [5.74, 6) is 0.277. The zero-order chi connectivity index (χ0) is 12.5. The van der Waals surface area contributed by atoms with Crippen LogP contribution >= 0.6 is 11.6 Å². The van der Waals surface area contributed by atoms with E-state index in [0.717, 1.165) is 16.9 Å². The first kappa shape index (κ1) is 11.1. The standard InChI is InChI=1S/C14H11ClN2O/c15-11-4-5-14-16-12(9-17(14)8-11)6-10-2-1-3-13(18)7-10/h1-5,7-9,18H,6H2. The zero-order valence-electron chi connectivity index (χ0n) is 9.55. The number of halogens is 1. The van der Waals surface area contributed by atoms with Gasteiger partial charge >= 0.3 is 0 Å². The van der Waals surface area contributed by atoms with Gasteiger partial charge in [0.2, 0.25) is 0 Å². The number of benzene rings is 1. The molecule has 0 spiro atoms. The monoisotopic (exact) mass is 258 g/mol. The van der Waals surface area contributed by atoms with Crippen molar-refractivity contribution in [1.29, 1.82) is 0 Å². The number of aromatic nitrogens is 2. The van der Waals surface area contributed by atoms with Gasteiger partial charge in [-0.2, -0.15) is 0 Å². The van der Waals surface area contributed by atoms with Gasteiger partial charge in [0.1, 0.15) is 11.4 Å². The molecule has 3 rings (SSSR count). The van der Waals surface area contributed by atoms with Crippen LogP contribution in [0.15, 0.2) is 48.8 Å². The largest absolute Gasteiger partial charge is 0.508 e. The second-order valence-corrected chi connectivity index (χ2v) is 4.63. The summed E-state index contributed by atoms with van der Waals surface area (Å²) < 4.78 is 1.90. The van der Waals surface area contributed by atoms with Crippen LogP contribution in [0.1, 0.15) is 11.3 Å². The number of hydrogen-bond acceptors (Lipinski definition) is 2. The fraction of sp³-hybridized carbons (Fsp3) is 0.0714. The minimum atomic E-state index is 0.277. The molecule has 0 unspecified atom stereocenters. The van der Waals surface area contributed by atoms with Crippen molar-refractivity contribution in [2.75, 3.05) is 0 Å². The van der Waals surface area contributed by atoms with Gasteiger partial charge in [-0.15, -0.1) is 0 Å². The lowest BCUT2D eigenvalue weighted by Crippen LogP contribution is -1.87. The molecule has 0 atom stereocenters. The Morgan fingerprint density at radius 2 is 2.06 bits per heavy atom. The molecule has 0 amide bonds. The predicted molar refractivity (Wildman–Crippen MR) is 71.1 cm³/mol. The lowest BCUT2D eigenvalue weighted by Gasteiger charge is -1.98. The Hall–Kier alpha value is -2.00. The van der Waals surface area contributed by atoms with Crippen molar-refractivity contribution in [3.63, 3.8) is 0 Å². The average molecular weight is 259 g/mol. The van der Waals surface area contributed by atoms with Gasteiger partial charge in [0.25, 0.3) is 0 Å². The van der Waals surface area contributed by atoms with Gasteiger partial charge in [-0.1, -0.05) is 23.7 Å². The summed E-state index contributed by atoms with van der Waals surface area (Å²) in [6, 6.07) is 10.9. The highest BCUT2D eigenvalue weighted by molar-refractivity contribution is 6.30. The van der Waals surface area contributed by atoms with Gasteiger partial charge < -0.3 is 9.51 Å². The van der Waals surface area contributed by atoms with E-state index in [-0.39, 0.29) is 5.75 Å². The molecular formula is C14H11ClN2O. The van der Waals surface area contributed by atoms with Crippen molar-refractivity contribution in [2.45, 2.75) is 6.42 Å². The van der Waals surface area contributed by atoms with Gasteiger partial charge in [0.05, 0.1) is 10.7 Å². The van der Waals surface area contributed by atoms with Gasteiger partial charge in [-0.3, -0.25) is 0 Å². The van der Waals surface area contributed by atoms with Crippen LogP contribution in [0.5, 0.6) is 5.75 Å². The molecular weight excluding hydrogens is 248 g/mol. The maximum atomic E-state index is 9.42. The number of phenolic OH excluding ortho intramolecular Hbond substituents is 1. The van der Waals surface area contributed by atoms with Crippen LogP contribution in [0, 0.1) is 0 Å². The first-order chi connectivity index (χ1) is 8.70. The summed E-state index contributed by atoms with van der Waals surface area (Å²) in [7, 11) is 0. The van der Waals surface area contributed by atoms with Gasteiger partial charge in [-0.25, -0.2) is 4.98 Å². The van der Waals surface area contributed by atoms with Crippen LogP contribution in [0.4, 0.5) is 0 Å². The summed E-state index contributed by atoms with van der Waals surface area (Å²) in [4.78, 5) is 4.50. The van der Waals surface area contributed by atoms with Crippen LogP contribution < -0.4 is 0 Å². The number of rotatable bonds is 2. The molecule has 0 fully saturated rings. The van der Waals surface area contributed by atoms with Crippen molar-refractivity contribution in [3.05, 3.63) is 65.1 Å². The van der Waals surface area contributed by atoms with E-state index in [1.54, 1.807) is 12.1 Å². The Morgan fingerprint density at radius 1 is 1.17 bits per heavy atom. The number of fused-ring (bicyclic) bond motifs is 1. The summed E-state index contributed by atoms with van der Waals surface area (Å²) in [6.45, 7) is 0. The summed E-state index contributed by atoms with van der Waals surface area (Å²) in [5.41, 5.74) is 2.85. The van der Waals surface area contributed by atoms with E-state index in [0.29, 0.717) is 11.4 Å². The molecule has 0 radical (unpaired) electrons. The van der Waals surface area contributed by atoms with Crippen LogP contribution in [0.3, 0.4) is 0 Å². The first-order valence-corrected chi connectivity index (χ1v) is 5.99. The zero-order valence-corrected chi connectivity index (χ0v) is 10.3. The van der Waals surface area contributed by atoms with Crippen molar-refractivity contribution in [3.8, 4) is 5.75 Å². The molecule has 2 aromatic heterocycles. The Balaban J connectivity index is 1.95. The fourth-order valence-electron chi connectivity index (χ4n) is 1.98. The Kier molecular flexibility index (Phi) is 2.68. The number of hydrogen-bond donors (Lipinski definition) is 1. The van der Waals surface area contributed by atoms with Gasteiger partial charge in [0.15, 0.2) is 0 Å². The molecule has 0 saturated carbocycles. The molecule has 1 N–H and O–H groups in total. The SMILES string of the molecule is Oc1cccc(Cc2cn3cc(Cl)ccc3n2)c1. The second-order valence-electron chi connectivity index (χ2n) is 4.19. The molecule has 3 aromatic rings. The molecule has 0 aliphatic rings. The van der Waals surface area contributed by atoms with Crippen molar-refractivity contribution < 1.29 is 5.11 Å². The third kappa shape index (κ3) is 2.17. The molecule has 18 heavy (non-hydrogen) atoms. The number of phenols is 1. The maximum absolute atomic E-state index is 9.42. The van der Waals surface area contributed by atoms with E-state index in [2.05, 4.69) is 4.98 Å². The van der Waals surface area contributed by atoms with Crippen LogP contribution in [0.25, 0.3) is 5.65 Å². The number of aromatic hydroxyl groups is 1. The lowest BCUT2D eigenvalue weighted by atomic mass is 10.1. The number of nitrogens with zero attached hydrogens (tertiary/aromatic N) is 2. The first-order valence-electron chi connectivity index (χ1n) is 5.62. The van der Waals surface area contributed by atoms with E-state index in [1.807, 2.05) is 41.1 Å². The summed E-state index contributed by atoms with van der Waals surface area (Å²) in [6.07, 6.45) is 4.47. The number of pyridine rings is 1. The fourth-order valence-corrected chi connectivity index (χ4v) is 2.15. The molecule has 0 saturated heterocycles. The van der Waals surface area contributed by atoms with Crippen molar-refractivity contribution in [2.24, 2.45) is 0 Å². The molecule has 0 aliphatic carbocycles. The van der Waals surface area contributed by atoms with E-state index >= 15 is 0 Å². The van der Waals surface area contributed by atoms with Crippen molar-refractivity contribution >= 4 is 17.2 Å². The van der Waals surface area contributed by atoms with E-state index in [1.165, 1.54) is 0 Å².